The van der Waals surface area contributed by atoms with Gasteiger partial charge in [-0.3, -0.25) is 4.79 Å². The Hall–Kier alpha value is -2.57. The minimum Gasteiger partial charge on any atom is -0.487 e. The lowest BCUT2D eigenvalue weighted by molar-refractivity contribution is 0.0695. The molecule has 3 heterocycles. The van der Waals surface area contributed by atoms with E-state index in [0.717, 1.165) is 25.5 Å². The Bertz CT molecular complexity index is 921. The molecule has 4 rings (SSSR count). The number of carbonyl (C=O) groups is 1. The number of hydrogen-bond acceptors (Lipinski definition) is 4. The topological polar surface area (TPSA) is 71.8 Å². The minimum atomic E-state index is -1.32. The summed E-state index contributed by atoms with van der Waals surface area (Å²) in [5, 5.41) is 9.28. The first-order chi connectivity index (χ1) is 11.5. The molecule has 1 fully saturated rings. The highest BCUT2D eigenvalue weighted by atomic mass is 19.1. The maximum Gasteiger partial charge on any atom is 0.341 e. The number of aromatic carboxylic acids is 1. The molecule has 0 amide bonds. The van der Waals surface area contributed by atoms with Gasteiger partial charge in [-0.15, -0.1) is 0 Å². The van der Waals surface area contributed by atoms with Crippen molar-refractivity contribution >= 4 is 22.6 Å². The lowest BCUT2D eigenvalue weighted by Crippen LogP contribution is -2.39. The Kier molecular flexibility index (Phi) is 3.26. The Morgan fingerprint density at radius 2 is 2.29 bits per heavy atom. The van der Waals surface area contributed by atoms with Gasteiger partial charge < -0.3 is 19.3 Å². The van der Waals surface area contributed by atoms with E-state index in [2.05, 4.69) is 0 Å². The predicted octanol–water partition coefficient (Wildman–Crippen LogP) is 2.22. The van der Waals surface area contributed by atoms with Gasteiger partial charge in [0.1, 0.15) is 17.9 Å². The van der Waals surface area contributed by atoms with Gasteiger partial charge in [0.25, 0.3) is 0 Å². The van der Waals surface area contributed by atoms with Crippen molar-refractivity contribution < 1.29 is 19.0 Å². The first-order valence-electron chi connectivity index (χ1n) is 8.05. The van der Waals surface area contributed by atoms with Gasteiger partial charge in [-0.1, -0.05) is 0 Å². The van der Waals surface area contributed by atoms with Crippen molar-refractivity contribution in [1.82, 2.24) is 4.57 Å². The molecule has 7 heteroatoms. The monoisotopic (exact) mass is 332 g/mol. The molecule has 0 unspecified atom stereocenters. The van der Waals surface area contributed by atoms with Crippen LogP contribution in [0.2, 0.25) is 0 Å². The van der Waals surface area contributed by atoms with Crippen molar-refractivity contribution in [3.63, 3.8) is 0 Å². The molecule has 2 aliphatic rings. The predicted molar refractivity (Wildman–Crippen MR) is 86.7 cm³/mol. The molecule has 24 heavy (non-hydrogen) atoms. The molecule has 0 aliphatic carbocycles. The first kappa shape index (κ1) is 15.0. The van der Waals surface area contributed by atoms with E-state index in [9.17, 15) is 19.1 Å². The molecule has 126 valence electrons. The molecule has 2 aromatic rings. The number of fused-ring (bicyclic) bond motifs is 5. The molecule has 6 nitrogen and oxygen atoms in total. The SMILES string of the molecule is CCn1cc(C(=O)O)c(=O)c2cc(F)c3c(c21)OC[C@@H]1CCCN31. The average Bonchev–Trinajstić information content (AvgIpc) is 3.03. The van der Waals surface area contributed by atoms with Crippen LogP contribution in [0.1, 0.15) is 30.1 Å². The van der Waals surface area contributed by atoms with Crippen LogP contribution in [0.25, 0.3) is 10.9 Å². The maximum absolute atomic E-state index is 14.8. The van der Waals surface area contributed by atoms with E-state index in [1.165, 1.54) is 6.20 Å². The van der Waals surface area contributed by atoms with Crippen LogP contribution >= 0.6 is 0 Å². The largest absolute Gasteiger partial charge is 0.487 e. The fourth-order valence-electron chi connectivity index (χ4n) is 3.78. The number of benzene rings is 1. The fraction of sp³-hybridized carbons (Fsp3) is 0.412. The van der Waals surface area contributed by atoms with Gasteiger partial charge in [0.2, 0.25) is 5.43 Å². The summed E-state index contributed by atoms with van der Waals surface area (Å²) in [5.41, 5.74) is -0.190. The number of carboxylic acids is 1. The van der Waals surface area contributed by atoms with E-state index in [-0.39, 0.29) is 17.0 Å². The number of ether oxygens (including phenoxy) is 1. The Morgan fingerprint density at radius 1 is 1.50 bits per heavy atom. The van der Waals surface area contributed by atoms with Gasteiger partial charge in [0.05, 0.1) is 16.9 Å². The highest BCUT2D eigenvalue weighted by Gasteiger charge is 2.36. The van der Waals surface area contributed by atoms with E-state index in [1.54, 1.807) is 4.57 Å². The van der Waals surface area contributed by atoms with Gasteiger partial charge in [-0.25, -0.2) is 9.18 Å². The fourth-order valence-corrected chi connectivity index (χ4v) is 3.78. The first-order valence-corrected chi connectivity index (χ1v) is 8.05. The smallest absolute Gasteiger partial charge is 0.341 e. The van der Waals surface area contributed by atoms with Crippen LogP contribution in [0.5, 0.6) is 5.75 Å². The van der Waals surface area contributed by atoms with E-state index in [4.69, 9.17) is 4.74 Å². The van der Waals surface area contributed by atoms with Gasteiger partial charge >= 0.3 is 5.97 Å². The van der Waals surface area contributed by atoms with E-state index in [0.29, 0.717) is 30.1 Å². The zero-order valence-electron chi connectivity index (χ0n) is 13.2. The van der Waals surface area contributed by atoms with Gasteiger partial charge in [-0.05, 0) is 25.8 Å². The molecular weight excluding hydrogens is 315 g/mol. The lowest BCUT2D eigenvalue weighted by atomic mass is 10.1. The number of aryl methyl sites for hydroxylation is 1. The molecule has 1 saturated heterocycles. The lowest BCUT2D eigenvalue weighted by Gasteiger charge is -2.34. The van der Waals surface area contributed by atoms with Crippen LogP contribution in [-0.2, 0) is 6.54 Å². The summed E-state index contributed by atoms with van der Waals surface area (Å²) in [7, 11) is 0. The molecule has 0 radical (unpaired) electrons. The Balaban J connectivity index is 2.10. The van der Waals surface area contributed by atoms with Crippen LogP contribution in [0.4, 0.5) is 10.1 Å². The van der Waals surface area contributed by atoms with E-state index in [1.807, 2.05) is 11.8 Å². The molecule has 0 spiro atoms. The number of rotatable bonds is 2. The van der Waals surface area contributed by atoms with Crippen LogP contribution in [0, 0.1) is 5.82 Å². The van der Waals surface area contributed by atoms with Gasteiger partial charge in [-0.2, -0.15) is 0 Å². The zero-order chi connectivity index (χ0) is 17.0. The molecule has 0 bridgehead atoms. The number of nitrogens with zero attached hydrogens (tertiary/aromatic N) is 2. The average molecular weight is 332 g/mol. The molecular formula is C17H17FN2O4. The molecule has 0 saturated carbocycles. The molecule has 1 aromatic carbocycles. The molecule has 2 aliphatic heterocycles. The van der Waals surface area contributed by atoms with Gasteiger partial charge in [0.15, 0.2) is 11.6 Å². The van der Waals surface area contributed by atoms with Crippen molar-refractivity contribution in [3.8, 4) is 5.75 Å². The second-order valence-electron chi connectivity index (χ2n) is 6.20. The van der Waals surface area contributed by atoms with Crippen LogP contribution < -0.4 is 15.1 Å². The normalized spacial score (nSPS) is 19.1. The second-order valence-corrected chi connectivity index (χ2v) is 6.20. The highest BCUT2D eigenvalue weighted by molar-refractivity contribution is 5.97. The molecule has 1 aromatic heterocycles. The quantitative estimate of drug-likeness (QED) is 0.913. The molecule has 1 N–H and O–H groups in total. The minimum absolute atomic E-state index is 0.0469. The van der Waals surface area contributed by atoms with Gasteiger partial charge in [0, 0.05) is 19.3 Å². The Labute approximate surface area is 137 Å². The number of pyridine rings is 1. The van der Waals surface area contributed by atoms with Crippen molar-refractivity contribution in [2.45, 2.75) is 32.4 Å². The van der Waals surface area contributed by atoms with E-state index < -0.39 is 17.2 Å². The third-order valence-corrected chi connectivity index (χ3v) is 4.90. The summed E-state index contributed by atoms with van der Waals surface area (Å²) in [4.78, 5) is 25.8. The summed E-state index contributed by atoms with van der Waals surface area (Å²) in [5.74, 6) is -1.51. The summed E-state index contributed by atoms with van der Waals surface area (Å²) < 4.78 is 22.3. The number of aromatic nitrogens is 1. The van der Waals surface area contributed by atoms with Crippen molar-refractivity contribution in [3.05, 3.63) is 33.9 Å². The van der Waals surface area contributed by atoms with Crippen molar-refractivity contribution in [1.29, 1.82) is 0 Å². The third-order valence-electron chi connectivity index (χ3n) is 4.90. The number of anilines is 1. The summed E-state index contributed by atoms with van der Waals surface area (Å²) in [6.45, 7) is 3.49. The van der Waals surface area contributed by atoms with Crippen LogP contribution in [-0.4, -0.2) is 34.8 Å². The molecule has 1 atom stereocenters. The standard InChI is InChI=1S/C17H17FN2O4/c1-2-19-7-11(17(22)23)15(21)10-6-12(18)14-16(13(10)19)24-8-9-4-3-5-20(9)14/h6-7,9H,2-5,8H2,1H3,(H,22,23)/t9-/m0/s1. The van der Waals surface area contributed by atoms with Crippen LogP contribution in [0.15, 0.2) is 17.1 Å². The Morgan fingerprint density at radius 3 is 3.00 bits per heavy atom. The second kappa shape index (κ2) is 5.22. The summed E-state index contributed by atoms with van der Waals surface area (Å²) in [6, 6.07) is 1.31. The van der Waals surface area contributed by atoms with Crippen LogP contribution in [0.3, 0.4) is 0 Å². The maximum atomic E-state index is 14.8. The number of halogens is 1. The number of hydrogen-bond donors (Lipinski definition) is 1. The zero-order valence-corrected chi connectivity index (χ0v) is 13.2. The number of carboxylic acid groups (broad SMARTS) is 1. The van der Waals surface area contributed by atoms with E-state index >= 15 is 0 Å². The highest BCUT2D eigenvalue weighted by Crippen LogP contribution is 2.44. The van der Waals surface area contributed by atoms with Crippen molar-refractivity contribution in [2.24, 2.45) is 0 Å². The van der Waals surface area contributed by atoms with Crippen molar-refractivity contribution in [2.75, 3.05) is 18.1 Å². The summed E-state index contributed by atoms with van der Waals surface area (Å²) >= 11 is 0. The summed E-state index contributed by atoms with van der Waals surface area (Å²) in [6.07, 6.45) is 3.24. The third kappa shape index (κ3) is 1.93.